The first kappa shape index (κ1) is 21.0. The van der Waals surface area contributed by atoms with Gasteiger partial charge in [-0.05, 0) is 32.4 Å². The number of aliphatic imine (C=N–C) groups is 1. The van der Waals surface area contributed by atoms with Crippen molar-refractivity contribution >= 4 is 41.3 Å². The largest absolute Gasteiger partial charge is 0.357 e. The van der Waals surface area contributed by atoms with Gasteiger partial charge in [-0.3, -0.25) is 4.99 Å². The van der Waals surface area contributed by atoms with Crippen molar-refractivity contribution < 1.29 is 8.78 Å². The molecule has 1 aliphatic carbocycles. The first-order chi connectivity index (χ1) is 12.1. The monoisotopic (exact) mass is 492 g/mol. The van der Waals surface area contributed by atoms with Crippen molar-refractivity contribution in [1.82, 2.24) is 15.6 Å². The lowest BCUT2D eigenvalue weighted by Gasteiger charge is -2.11. The normalized spacial score (nSPS) is 19.0. The Labute approximate surface area is 173 Å². The Balaban J connectivity index is 0.00000243. The Bertz CT molecular complexity index is 745. The molecule has 8 heteroatoms. The molecule has 3 rings (SSSR count). The Morgan fingerprint density at radius 1 is 1.35 bits per heavy atom. The molecule has 26 heavy (non-hydrogen) atoms. The number of nitrogens with zero attached hydrogens (tertiary/aromatic N) is 2. The molecule has 142 valence electrons. The third-order valence-corrected chi connectivity index (χ3v) is 4.95. The third-order valence-electron chi connectivity index (χ3n) is 4.13. The van der Waals surface area contributed by atoms with Gasteiger partial charge in [0.05, 0.1) is 10.7 Å². The number of guanidine groups is 1. The zero-order valence-electron chi connectivity index (χ0n) is 14.8. The molecular weight excluding hydrogens is 469 g/mol. The minimum Gasteiger partial charge on any atom is -0.357 e. The van der Waals surface area contributed by atoms with E-state index in [9.17, 15) is 8.78 Å². The molecule has 1 aromatic heterocycles. The average Bonchev–Trinajstić information content (AvgIpc) is 3.18. The predicted molar refractivity (Wildman–Crippen MR) is 113 cm³/mol. The highest BCUT2D eigenvalue weighted by atomic mass is 127. The van der Waals surface area contributed by atoms with Crippen LogP contribution in [0.15, 0.2) is 28.6 Å². The van der Waals surface area contributed by atoms with Crippen molar-refractivity contribution in [3.8, 4) is 0 Å². The van der Waals surface area contributed by atoms with Crippen molar-refractivity contribution in [2.75, 3.05) is 13.1 Å². The number of halogens is 3. The van der Waals surface area contributed by atoms with Gasteiger partial charge in [-0.15, -0.1) is 35.3 Å². The van der Waals surface area contributed by atoms with Crippen molar-refractivity contribution in [3.63, 3.8) is 0 Å². The van der Waals surface area contributed by atoms with Crippen LogP contribution in [0, 0.1) is 18.6 Å². The summed E-state index contributed by atoms with van der Waals surface area (Å²) in [6.07, 6.45) is 1.48. The fraction of sp³-hybridized carbons (Fsp3) is 0.444. The topological polar surface area (TPSA) is 49.3 Å². The van der Waals surface area contributed by atoms with Crippen LogP contribution in [0.4, 0.5) is 8.78 Å². The molecule has 1 aromatic carbocycles. The maximum atomic E-state index is 13.9. The molecule has 2 unspecified atom stereocenters. The van der Waals surface area contributed by atoms with Crippen LogP contribution in [0.2, 0.25) is 0 Å². The molecule has 0 bridgehead atoms. The van der Waals surface area contributed by atoms with Crippen LogP contribution in [0.3, 0.4) is 0 Å². The van der Waals surface area contributed by atoms with Crippen molar-refractivity contribution in [3.05, 3.63) is 51.5 Å². The molecule has 0 spiro atoms. The lowest BCUT2D eigenvalue weighted by Crippen LogP contribution is -2.39. The van der Waals surface area contributed by atoms with Crippen molar-refractivity contribution in [1.29, 1.82) is 0 Å². The molecule has 2 atom stereocenters. The minimum atomic E-state index is -0.477. The molecule has 1 heterocycles. The zero-order chi connectivity index (χ0) is 17.8. The fourth-order valence-electron chi connectivity index (χ4n) is 2.84. The van der Waals surface area contributed by atoms with Gasteiger partial charge in [0.15, 0.2) is 5.96 Å². The molecule has 0 amide bonds. The second-order valence-electron chi connectivity index (χ2n) is 6.10. The minimum absolute atomic E-state index is 0. The lowest BCUT2D eigenvalue weighted by molar-refractivity contribution is 0.553. The smallest absolute Gasteiger partial charge is 0.191 e. The van der Waals surface area contributed by atoms with Gasteiger partial charge in [-0.25, -0.2) is 13.8 Å². The summed E-state index contributed by atoms with van der Waals surface area (Å²) in [6.45, 7) is 5.32. The summed E-state index contributed by atoms with van der Waals surface area (Å²) >= 11 is 1.63. The van der Waals surface area contributed by atoms with E-state index in [2.05, 4.69) is 20.6 Å². The Hall–Kier alpha value is -1.29. The third kappa shape index (κ3) is 5.35. The average molecular weight is 492 g/mol. The number of benzene rings is 1. The van der Waals surface area contributed by atoms with Crippen LogP contribution >= 0.6 is 35.3 Å². The number of hydrogen-bond donors (Lipinski definition) is 2. The highest BCUT2D eigenvalue weighted by Gasteiger charge is 2.42. The number of thiazole rings is 1. The summed E-state index contributed by atoms with van der Waals surface area (Å²) in [5.74, 6) is -0.421. The van der Waals surface area contributed by atoms with Gasteiger partial charge in [-0.2, -0.15) is 0 Å². The number of rotatable bonds is 6. The van der Waals surface area contributed by atoms with Gasteiger partial charge < -0.3 is 10.6 Å². The summed E-state index contributed by atoms with van der Waals surface area (Å²) in [5.41, 5.74) is 1.22. The van der Waals surface area contributed by atoms with Gasteiger partial charge in [0.1, 0.15) is 11.6 Å². The number of hydrogen-bond acceptors (Lipinski definition) is 3. The molecule has 0 radical (unpaired) electrons. The molecule has 4 nitrogen and oxygen atoms in total. The van der Waals surface area contributed by atoms with Crippen LogP contribution in [0.5, 0.6) is 0 Å². The first-order valence-corrected chi connectivity index (χ1v) is 9.36. The summed E-state index contributed by atoms with van der Waals surface area (Å²) in [6, 6.07) is 4.02. The number of aryl methyl sites for hydroxylation is 1. The van der Waals surface area contributed by atoms with Gasteiger partial charge in [0, 0.05) is 42.4 Å². The SMILES string of the molecule is CCNC(=NCCc1csc(C)n1)NC1CC1c1c(F)cccc1F.I. The van der Waals surface area contributed by atoms with Gasteiger partial charge in [0.2, 0.25) is 0 Å². The molecule has 0 aliphatic heterocycles. The molecule has 1 aliphatic rings. The van der Waals surface area contributed by atoms with Crippen molar-refractivity contribution in [2.45, 2.75) is 38.6 Å². The van der Waals surface area contributed by atoms with E-state index in [1.165, 1.54) is 18.2 Å². The fourth-order valence-corrected chi connectivity index (χ4v) is 3.49. The Morgan fingerprint density at radius 3 is 2.69 bits per heavy atom. The number of aromatic nitrogens is 1. The summed E-state index contributed by atoms with van der Waals surface area (Å²) in [5, 5.41) is 9.55. The molecule has 1 fully saturated rings. The van der Waals surface area contributed by atoms with E-state index in [1.807, 2.05) is 19.2 Å². The summed E-state index contributed by atoms with van der Waals surface area (Å²) in [4.78, 5) is 8.97. The van der Waals surface area contributed by atoms with Gasteiger partial charge in [0.25, 0.3) is 0 Å². The highest BCUT2D eigenvalue weighted by molar-refractivity contribution is 14.0. The quantitative estimate of drug-likeness (QED) is 0.364. The second-order valence-corrected chi connectivity index (χ2v) is 7.16. The predicted octanol–water partition coefficient (Wildman–Crippen LogP) is 4.00. The molecule has 2 N–H and O–H groups in total. The maximum absolute atomic E-state index is 13.9. The number of nitrogens with one attached hydrogen (secondary N) is 2. The second kappa shape index (κ2) is 9.59. The van der Waals surface area contributed by atoms with Crippen LogP contribution in [-0.2, 0) is 6.42 Å². The standard InChI is InChI=1S/C18H22F2N4S.HI/c1-3-21-18(22-8-7-12-10-25-11(2)23-12)24-16-9-13(16)17-14(19)5-4-6-15(17)20;/h4-6,10,13,16H,3,7-9H2,1-2H3,(H2,21,22,24);1H. The van der Waals surface area contributed by atoms with Crippen LogP contribution in [0.1, 0.15) is 35.5 Å². The lowest BCUT2D eigenvalue weighted by atomic mass is 10.1. The van der Waals surface area contributed by atoms with E-state index in [0.717, 1.165) is 23.7 Å². The molecular formula is C18H23F2IN4S. The molecule has 2 aromatic rings. The Kier molecular flexibility index (Phi) is 7.75. The zero-order valence-corrected chi connectivity index (χ0v) is 17.9. The van der Waals surface area contributed by atoms with E-state index in [-0.39, 0.29) is 41.5 Å². The Morgan fingerprint density at radius 2 is 2.08 bits per heavy atom. The van der Waals surface area contributed by atoms with E-state index in [0.29, 0.717) is 18.9 Å². The highest BCUT2D eigenvalue weighted by Crippen LogP contribution is 2.43. The molecule has 1 saturated carbocycles. The van der Waals surface area contributed by atoms with Crippen LogP contribution < -0.4 is 10.6 Å². The first-order valence-electron chi connectivity index (χ1n) is 8.48. The van der Waals surface area contributed by atoms with Gasteiger partial charge >= 0.3 is 0 Å². The van der Waals surface area contributed by atoms with Crippen LogP contribution in [-0.4, -0.2) is 30.1 Å². The van der Waals surface area contributed by atoms with Crippen molar-refractivity contribution in [2.24, 2.45) is 4.99 Å². The summed E-state index contributed by atoms with van der Waals surface area (Å²) < 4.78 is 27.7. The van der Waals surface area contributed by atoms with Gasteiger partial charge in [-0.1, -0.05) is 6.07 Å². The maximum Gasteiger partial charge on any atom is 0.191 e. The van der Waals surface area contributed by atoms with E-state index < -0.39 is 11.6 Å². The van der Waals surface area contributed by atoms with E-state index in [1.54, 1.807) is 11.3 Å². The van der Waals surface area contributed by atoms with E-state index >= 15 is 0 Å². The van der Waals surface area contributed by atoms with E-state index in [4.69, 9.17) is 0 Å². The summed E-state index contributed by atoms with van der Waals surface area (Å²) in [7, 11) is 0. The van der Waals surface area contributed by atoms with Crippen LogP contribution in [0.25, 0.3) is 0 Å². The molecule has 0 saturated heterocycles.